The molecule has 0 aliphatic carbocycles. The fourth-order valence-electron chi connectivity index (χ4n) is 1.65. The molecule has 0 radical (unpaired) electrons. The van der Waals surface area contributed by atoms with Gasteiger partial charge < -0.3 is 5.73 Å². The molecule has 96 valence electrons. The second kappa shape index (κ2) is 6.77. The molecule has 3 nitrogen and oxygen atoms in total. The van der Waals surface area contributed by atoms with Gasteiger partial charge >= 0.3 is 0 Å². The lowest BCUT2D eigenvalue weighted by Gasteiger charge is -2.04. The molecule has 0 aliphatic heterocycles. The number of rotatable bonds is 7. The van der Waals surface area contributed by atoms with Gasteiger partial charge in [-0.2, -0.15) is 0 Å². The average molecular weight is 255 g/mol. The van der Waals surface area contributed by atoms with Crippen LogP contribution in [0.1, 0.15) is 31.2 Å². The third-order valence-corrected chi connectivity index (χ3v) is 4.56. The van der Waals surface area contributed by atoms with E-state index in [0.29, 0.717) is 11.4 Å². The summed E-state index contributed by atoms with van der Waals surface area (Å²) >= 11 is 0. The van der Waals surface area contributed by atoms with Crippen molar-refractivity contribution in [3.05, 3.63) is 29.8 Å². The molecule has 4 heteroatoms. The molecule has 0 heterocycles. The van der Waals surface area contributed by atoms with E-state index in [0.717, 1.165) is 31.2 Å². The fraction of sp³-hybridized carbons (Fsp3) is 0.538. The van der Waals surface area contributed by atoms with Crippen LogP contribution in [-0.4, -0.2) is 20.7 Å². The molecule has 0 atom stereocenters. The highest BCUT2D eigenvalue weighted by Crippen LogP contribution is 2.14. The van der Waals surface area contributed by atoms with Gasteiger partial charge in [0.05, 0.1) is 10.6 Å². The van der Waals surface area contributed by atoms with Gasteiger partial charge in [0.1, 0.15) is 0 Å². The van der Waals surface area contributed by atoms with Crippen molar-refractivity contribution in [3.8, 4) is 0 Å². The Bertz CT molecular complexity index is 423. The van der Waals surface area contributed by atoms with Crippen molar-refractivity contribution in [2.24, 2.45) is 5.73 Å². The van der Waals surface area contributed by atoms with Crippen molar-refractivity contribution in [2.75, 3.05) is 12.3 Å². The summed E-state index contributed by atoms with van der Waals surface area (Å²) in [5.74, 6) is 0.237. The van der Waals surface area contributed by atoms with Crippen LogP contribution in [0.25, 0.3) is 0 Å². The zero-order valence-corrected chi connectivity index (χ0v) is 11.2. The van der Waals surface area contributed by atoms with Gasteiger partial charge in [0, 0.05) is 0 Å². The zero-order chi connectivity index (χ0) is 12.7. The lowest BCUT2D eigenvalue weighted by atomic mass is 10.2. The predicted octanol–water partition coefficient (Wildman–Crippen LogP) is 2.29. The standard InChI is InChI=1S/C13H21NO2S/c1-12-6-8-13(9-7-12)17(15,16)11-5-3-2-4-10-14/h6-9H,2-5,10-11,14H2,1H3. The Hall–Kier alpha value is -0.870. The molecule has 0 bridgehead atoms. The average Bonchev–Trinajstić information content (AvgIpc) is 2.29. The van der Waals surface area contributed by atoms with Crippen LogP contribution in [-0.2, 0) is 9.84 Å². The van der Waals surface area contributed by atoms with Gasteiger partial charge in [0.2, 0.25) is 0 Å². The Balaban J connectivity index is 2.48. The Morgan fingerprint density at radius 3 is 2.18 bits per heavy atom. The summed E-state index contributed by atoms with van der Waals surface area (Å²) in [6.07, 6.45) is 3.64. The molecule has 0 aliphatic rings. The molecule has 1 aromatic carbocycles. The maximum atomic E-state index is 12.0. The topological polar surface area (TPSA) is 60.2 Å². The SMILES string of the molecule is Cc1ccc(S(=O)(=O)CCCCCCN)cc1. The van der Waals surface area contributed by atoms with Crippen molar-refractivity contribution in [1.29, 1.82) is 0 Å². The van der Waals surface area contributed by atoms with Crippen molar-refractivity contribution < 1.29 is 8.42 Å². The molecule has 0 aromatic heterocycles. The summed E-state index contributed by atoms with van der Waals surface area (Å²) in [6, 6.07) is 7.04. The van der Waals surface area contributed by atoms with Gasteiger partial charge in [0.25, 0.3) is 0 Å². The number of sulfone groups is 1. The quantitative estimate of drug-likeness (QED) is 0.760. The van der Waals surface area contributed by atoms with Crippen LogP contribution in [0.2, 0.25) is 0 Å². The van der Waals surface area contributed by atoms with Crippen LogP contribution in [0.4, 0.5) is 0 Å². The lowest BCUT2D eigenvalue weighted by molar-refractivity contribution is 0.588. The van der Waals surface area contributed by atoms with Gasteiger partial charge in [-0.3, -0.25) is 0 Å². The summed E-state index contributed by atoms with van der Waals surface area (Å²) in [6.45, 7) is 2.63. The van der Waals surface area contributed by atoms with E-state index in [1.807, 2.05) is 19.1 Å². The van der Waals surface area contributed by atoms with E-state index in [9.17, 15) is 8.42 Å². The largest absolute Gasteiger partial charge is 0.330 e. The van der Waals surface area contributed by atoms with Crippen molar-refractivity contribution in [2.45, 2.75) is 37.5 Å². The number of unbranched alkanes of at least 4 members (excludes halogenated alkanes) is 3. The highest BCUT2D eigenvalue weighted by molar-refractivity contribution is 7.91. The summed E-state index contributed by atoms with van der Waals surface area (Å²) < 4.78 is 23.9. The van der Waals surface area contributed by atoms with Gasteiger partial charge in [-0.1, -0.05) is 30.5 Å². The molecule has 0 unspecified atom stereocenters. The van der Waals surface area contributed by atoms with Crippen LogP contribution in [0.5, 0.6) is 0 Å². The van der Waals surface area contributed by atoms with Crippen LogP contribution in [0.15, 0.2) is 29.2 Å². The number of nitrogens with two attached hydrogens (primary N) is 1. The van der Waals surface area contributed by atoms with Crippen LogP contribution in [0, 0.1) is 6.92 Å². The Morgan fingerprint density at radius 2 is 1.59 bits per heavy atom. The molecule has 0 saturated heterocycles. The number of hydrogen-bond donors (Lipinski definition) is 1. The van der Waals surface area contributed by atoms with Crippen molar-refractivity contribution in [3.63, 3.8) is 0 Å². The smallest absolute Gasteiger partial charge is 0.178 e. The van der Waals surface area contributed by atoms with Crippen LogP contribution < -0.4 is 5.73 Å². The normalized spacial score (nSPS) is 11.6. The molecule has 1 aromatic rings. The maximum Gasteiger partial charge on any atom is 0.178 e. The summed E-state index contributed by atoms with van der Waals surface area (Å²) in [7, 11) is -3.10. The first-order valence-corrected chi connectivity index (χ1v) is 7.71. The maximum absolute atomic E-state index is 12.0. The number of aryl methyl sites for hydroxylation is 1. The van der Waals surface area contributed by atoms with E-state index in [-0.39, 0.29) is 5.75 Å². The van der Waals surface area contributed by atoms with Crippen LogP contribution >= 0.6 is 0 Å². The second-order valence-corrected chi connectivity index (χ2v) is 6.44. The third kappa shape index (κ3) is 4.88. The third-order valence-electron chi connectivity index (χ3n) is 2.75. The summed E-state index contributed by atoms with van der Waals surface area (Å²) in [5.41, 5.74) is 6.46. The van der Waals surface area contributed by atoms with E-state index in [1.165, 1.54) is 0 Å². The lowest BCUT2D eigenvalue weighted by Crippen LogP contribution is -2.07. The molecule has 17 heavy (non-hydrogen) atoms. The van der Waals surface area contributed by atoms with Crippen molar-refractivity contribution >= 4 is 9.84 Å². The molecule has 1 rings (SSSR count). The second-order valence-electron chi connectivity index (χ2n) is 4.33. The Kier molecular flexibility index (Phi) is 5.65. The molecule has 0 fully saturated rings. The highest BCUT2D eigenvalue weighted by Gasteiger charge is 2.12. The minimum Gasteiger partial charge on any atom is -0.330 e. The van der Waals surface area contributed by atoms with E-state index < -0.39 is 9.84 Å². The number of benzene rings is 1. The van der Waals surface area contributed by atoms with Crippen LogP contribution in [0.3, 0.4) is 0 Å². The zero-order valence-electron chi connectivity index (χ0n) is 10.4. The number of hydrogen-bond acceptors (Lipinski definition) is 3. The molecule has 0 spiro atoms. The first kappa shape index (κ1) is 14.2. The van der Waals surface area contributed by atoms with Gasteiger partial charge in [-0.15, -0.1) is 0 Å². The van der Waals surface area contributed by atoms with Gasteiger partial charge in [-0.05, 0) is 38.4 Å². The van der Waals surface area contributed by atoms with Gasteiger partial charge in [0.15, 0.2) is 9.84 Å². The first-order chi connectivity index (χ1) is 8.06. The molecular weight excluding hydrogens is 234 g/mol. The fourth-order valence-corrected chi connectivity index (χ4v) is 3.02. The highest BCUT2D eigenvalue weighted by atomic mass is 32.2. The predicted molar refractivity (Wildman–Crippen MR) is 70.8 cm³/mol. The minimum atomic E-state index is -3.10. The first-order valence-electron chi connectivity index (χ1n) is 6.06. The molecule has 0 amide bonds. The van der Waals surface area contributed by atoms with E-state index in [1.54, 1.807) is 12.1 Å². The molecule has 2 N–H and O–H groups in total. The molecular formula is C13H21NO2S. The Labute approximate surface area is 104 Å². The monoisotopic (exact) mass is 255 g/mol. The van der Waals surface area contributed by atoms with Gasteiger partial charge in [-0.25, -0.2) is 8.42 Å². The summed E-state index contributed by atoms with van der Waals surface area (Å²) in [4.78, 5) is 0.432. The van der Waals surface area contributed by atoms with Crippen molar-refractivity contribution in [1.82, 2.24) is 0 Å². The minimum absolute atomic E-state index is 0.237. The van der Waals surface area contributed by atoms with E-state index >= 15 is 0 Å². The van der Waals surface area contributed by atoms with E-state index in [4.69, 9.17) is 5.73 Å². The van der Waals surface area contributed by atoms with E-state index in [2.05, 4.69) is 0 Å². The molecule has 0 saturated carbocycles. The summed E-state index contributed by atoms with van der Waals surface area (Å²) in [5, 5.41) is 0. The Morgan fingerprint density at radius 1 is 1.00 bits per heavy atom.